The second-order valence-electron chi connectivity index (χ2n) is 9.82. The van der Waals surface area contributed by atoms with E-state index in [1.54, 1.807) is 6.92 Å². The molecule has 0 spiro atoms. The molecule has 0 fully saturated rings. The van der Waals surface area contributed by atoms with Crippen LogP contribution in [-0.2, 0) is 21.3 Å². The fourth-order valence-electron chi connectivity index (χ4n) is 4.41. The third-order valence-corrected chi connectivity index (χ3v) is 8.27. The minimum absolute atomic E-state index is 0.0763. The number of nitrogens with zero attached hydrogens (tertiary/aromatic N) is 4. The van der Waals surface area contributed by atoms with Gasteiger partial charge in [-0.1, -0.05) is 100 Å². The summed E-state index contributed by atoms with van der Waals surface area (Å²) < 4.78 is 32.2. The Morgan fingerprint density at radius 2 is 1.51 bits per heavy atom. The molecule has 0 aromatic heterocycles. The molecule has 1 N–H and O–H groups in total. The van der Waals surface area contributed by atoms with Crippen molar-refractivity contribution in [2.24, 2.45) is 15.3 Å². The molecule has 0 bridgehead atoms. The molecule has 1 aliphatic heterocycles. The lowest BCUT2D eigenvalue weighted by Gasteiger charge is -2.15. The van der Waals surface area contributed by atoms with Gasteiger partial charge in [0.2, 0.25) is 0 Å². The van der Waals surface area contributed by atoms with Gasteiger partial charge in [-0.15, -0.1) is 0 Å². The van der Waals surface area contributed by atoms with Crippen molar-refractivity contribution >= 4 is 56.3 Å². The molecule has 0 unspecified atom stereocenters. The second-order valence-corrected chi connectivity index (χ2v) is 12.0. The zero-order chi connectivity index (χ0) is 28.4. The van der Waals surface area contributed by atoms with Crippen molar-refractivity contribution in [3.63, 3.8) is 0 Å². The lowest BCUT2D eigenvalue weighted by molar-refractivity contribution is -0.117. The number of hydrogen-bond donors (Lipinski definition) is 1. The van der Waals surface area contributed by atoms with Crippen molar-refractivity contribution in [3.8, 4) is 0 Å². The fraction of sp³-hybridized carbons (Fsp3) is 0.500. The number of amides is 1. The molecule has 212 valence electrons. The Morgan fingerprint density at radius 3 is 2.10 bits per heavy atom. The van der Waals surface area contributed by atoms with Crippen molar-refractivity contribution in [1.82, 2.24) is 0 Å². The monoisotopic (exact) mass is 594 g/mol. The maximum absolute atomic E-state index is 13.0. The number of hydrazone groups is 1. The summed E-state index contributed by atoms with van der Waals surface area (Å²) >= 11 is 12.2. The summed E-state index contributed by atoms with van der Waals surface area (Å²) in [4.78, 5) is 12.4. The summed E-state index contributed by atoms with van der Waals surface area (Å²) in [6.07, 6.45) is 14.1. The highest BCUT2D eigenvalue weighted by atomic mass is 35.5. The van der Waals surface area contributed by atoms with Gasteiger partial charge >= 0.3 is 0 Å². The van der Waals surface area contributed by atoms with E-state index in [9.17, 15) is 17.8 Å². The van der Waals surface area contributed by atoms with Crippen LogP contribution in [0, 0.1) is 0 Å². The summed E-state index contributed by atoms with van der Waals surface area (Å²) in [6, 6.07) is 9.00. The molecular formula is C28H36Cl2N4O4S. The van der Waals surface area contributed by atoms with E-state index in [-0.39, 0.29) is 15.7 Å². The first-order valence-corrected chi connectivity index (χ1v) is 15.7. The summed E-state index contributed by atoms with van der Waals surface area (Å²) in [5.41, 5.74) is 2.34. The van der Waals surface area contributed by atoms with Crippen molar-refractivity contribution in [2.75, 3.05) is 5.01 Å². The normalized spacial score (nSPS) is 15.9. The molecule has 0 saturated heterocycles. The number of carbonyl (C=O) groups excluding carboxylic acids is 1. The zero-order valence-electron chi connectivity index (χ0n) is 22.4. The van der Waals surface area contributed by atoms with Crippen LogP contribution in [0.4, 0.5) is 11.4 Å². The largest absolute Gasteiger partial charge is 0.296 e. The highest BCUT2D eigenvalue weighted by Gasteiger charge is 2.36. The molecule has 39 heavy (non-hydrogen) atoms. The van der Waals surface area contributed by atoms with Crippen LogP contribution in [-0.4, -0.2) is 30.6 Å². The quantitative estimate of drug-likeness (QED) is 0.126. The van der Waals surface area contributed by atoms with Crippen LogP contribution in [0.2, 0.25) is 10.0 Å². The lowest BCUT2D eigenvalue weighted by atomic mass is 10.0. The number of unbranched alkanes of at least 4 members (excludes halogenated alkanes) is 9. The van der Waals surface area contributed by atoms with E-state index >= 15 is 0 Å². The second kappa shape index (κ2) is 14.9. The Hall–Kier alpha value is -2.33. The van der Waals surface area contributed by atoms with Gasteiger partial charge in [0.1, 0.15) is 4.90 Å². The van der Waals surface area contributed by atoms with E-state index in [1.807, 2.05) is 24.3 Å². The molecule has 1 amide bonds. The van der Waals surface area contributed by atoms with Crippen LogP contribution in [0.15, 0.2) is 56.6 Å². The van der Waals surface area contributed by atoms with Crippen LogP contribution in [0.25, 0.3) is 0 Å². The maximum Gasteiger partial charge on any atom is 0.296 e. The summed E-state index contributed by atoms with van der Waals surface area (Å²) in [7, 11) is -4.58. The number of anilines is 1. The molecule has 1 heterocycles. The van der Waals surface area contributed by atoms with Crippen LogP contribution in [0.1, 0.15) is 83.6 Å². The van der Waals surface area contributed by atoms with Gasteiger partial charge in [-0.2, -0.15) is 28.8 Å². The molecule has 2 aromatic carbocycles. The standard InChI is InChI=1S/C28H36Cl2N4O4S/c1-3-4-5-6-7-8-9-10-11-12-13-21-14-16-22(17-15-21)31-32-27-20(2)33-34(28(27)35)25-18-24(30)26(19-23(25)29)39(36,37)38/h14-19,27H,3-13H2,1-2H3,(H,36,37,38)/t27-/m0/s1. The third kappa shape index (κ3) is 9.10. The molecule has 2 aromatic rings. The maximum atomic E-state index is 13.0. The number of azo groups is 1. The SMILES string of the molecule is CCCCCCCCCCCCc1ccc(N=N[C@@H]2C(=O)N(c3cc(Cl)c(S(=O)(=O)O)cc3Cl)N=C2C)cc1. The van der Waals surface area contributed by atoms with Gasteiger partial charge in [0.15, 0.2) is 6.04 Å². The highest BCUT2D eigenvalue weighted by Crippen LogP contribution is 2.36. The van der Waals surface area contributed by atoms with Gasteiger partial charge in [0.05, 0.1) is 27.1 Å². The Kier molecular flexibility index (Phi) is 11.9. The van der Waals surface area contributed by atoms with Gasteiger partial charge in [-0.25, -0.2) is 0 Å². The van der Waals surface area contributed by atoms with Crippen LogP contribution in [0.5, 0.6) is 0 Å². The predicted octanol–water partition coefficient (Wildman–Crippen LogP) is 8.58. The van der Waals surface area contributed by atoms with E-state index in [0.29, 0.717) is 11.4 Å². The van der Waals surface area contributed by atoms with E-state index in [4.69, 9.17) is 23.2 Å². The molecule has 3 rings (SSSR count). The lowest BCUT2D eigenvalue weighted by Crippen LogP contribution is -2.30. The number of rotatable bonds is 15. The molecule has 0 saturated carbocycles. The van der Waals surface area contributed by atoms with Crippen LogP contribution >= 0.6 is 23.2 Å². The van der Waals surface area contributed by atoms with Crippen molar-refractivity contribution in [2.45, 2.75) is 95.4 Å². The Labute approximate surface area is 241 Å². The molecular weight excluding hydrogens is 559 g/mol. The number of halogens is 2. The minimum atomic E-state index is -4.58. The van der Waals surface area contributed by atoms with E-state index < -0.39 is 27.0 Å². The van der Waals surface area contributed by atoms with E-state index in [2.05, 4.69) is 22.3 Å². The predicted molar refractivity (Wildman–Crippen MR) is 157 cm³/mol. The Morgan fingerprint density at radius 1 is 0.923 bits per heavy atom. The van der Waals surface area contributed by atoms with E-state index in [0.717, 1.165) is 30.0 Å². The first kappa shape index (κ1) is 31.2. The topological polar surface area (TPSA) is 112 Å². The van der Waals surface area contributed by atoms with Crippen LogP contribution < -0.4 is 5.01 Å². The smallest absolute Gasteiger partial charge is 0.282 e. The molecule has 8 nitrogen and oxygen atoms in total. The van der Waals surface area contributed by atoms with Gasteiger partial charge in [-0.05, 0) is 49.6 Å². The average Bonchev–Trinajstić information content (AvgIpc) is 3.17. The van der Waals surface area contributed by atoms with Crippen molar-refractivity contribution in [1.29, 1.82) is 0 Å². The Bertz CT molecular complexity index is 1300. The number of hydrogen-bond acceptors (Lipinski definition) is 6. The van der Waals surface area contributed by atoms with E-state index in [1.165, 1.54) is 63.4 Å². The fourth-order valence-corrected chi connectivity index (χ4v) is 5.74. The molecule has 0 aliphatic carbocycles. The van der Waals surface area contributed by atoms with Crippen LogP contribution in [0.3, 0.4) is 0 Å². The molecule has 1 atom stereocenters. The average molecular weight is 596 g/mol. The summed E-state index contributed by atoms with van der Waals surface area (Å²) in [6.45, 7) is 3.89. The van der Waals surface area contributed by atoms with Crippen molar-refractivity contribution < 1.29 is 17.8 Å². The van der Waals surface area contributed by atoms with Crippen molar-refractivity contribution in [3.05, 3.63) is 52.0 Å². The van der Waals surface area contributed by atoms with Gasteiger partial charge in [0, 0.05) is 0 Å². The number of benzene rings is 2. The van der Waals surface area contributed by atoms with Gasteiger partial charge in [-0.3, -0.25) is 9.35 Å². The van der Waals surface area contributed by atoms with Gasteiger partial charge in [0.25, 0.3) is 16.0 Å². The number of carbonyl (C=O) groups is 1. The zero-order valence-corrected chi connectivity index (χ0v) is 24.8. The molecule has 11 heteroatoms. The first-order chi connectivity index (χ1) is 18.6. The molecule has 0 radical (unpaired) electrons. The highest BCUT2D eigenvalue weighted by molar-refractivity contribution is 7.86. The third-order valence-electron chi connectivity index (χ3n) is 6.65. The Balaban J connectivity index is 1.50. The van der Waals surface area contributed by atoms with Gasteiger partial charge < -0.3 is 0 Å². The molecule has 1 aliphatic rings. The number of aryl methyl sites for hydroxylation is 1. The minimum Gasteiger partial charge on any atom is -0.282 e. The first-order valence-electron chi connectivity index (χ1n) is 13.5. The summed E-state index contributed by atoms with van der Waals surface area (Å²) in [5.74, 6) is -0.508. The summed E-state index contributed by atoms with van der Waals surface area (Å²) in [5, 5.41) is 13.2.